The first-order valence-corrected chi connectivity index (χ1v) is 9.45. The number of thiazole rings is 1. The van der Waals surface area contributed by atoms with Gasteiger partial charge in [-0.15, -0.1) is 0 Å². The Balaban J connectivity index is 2.01. The van der Waals surface area contributed by atoms with Crippen LogP contribution in [-0.2, 0) is 9.59 Å². The number of rotatable bonds is 8. The topological polar surface area (TPSA) is 120 Å². The van der Waals surface area contributed by atoms with Gasteiger partial charge < -0.3 is 15.5 Å². The molecule has 0 spiro atoms. The van der Waals surface area contributed by atoms with Crippen molar-refractivity contribution in [3.63, 3.8) is 0 Å². The first-order valence-electron chi connectivity index (χ1n) is 8.25. The van der Waals surface area contributed by atoms with Crippen LogP contribution in [0.2, 0.25) is 5.02 Å². The normalized spacial score (nSPS) is 12.1. The van der Waals surface area contributed by atoms with E-state index in [1.54, 1.807) is 18.2 Å². The van der Waals surface area contributed by atoms with Gasteiger partial charge in [-0.25, -0.2) is 14.6 Å². The van der Waals surface area contributed by atoms with Gasteiger partial charge in [0.2, 0.25) is 5.91 Å². The summed E-state index contributed by atoms with van der Waals surface area (Å²) in [7, 11) is 0. The van der Waals surface area contributed by atoms with Crippen LogP contribution in [0.15, 0.2) is 18.2 Å². The lowest BCUT2D eigenvalue weighted by Crippen LogP contribution is -2.46. The highest BCUT2D eigenvalue weighted by Gasteiger charge is 2.30. The van der Waals surface area contributed by atoms with Gasteiger partial charge in [-0.2, -0.15) is 0 Å². The molecule has 1 heterocycles. The molecule has 1 aromatic carbocycles. The zero-order valence-electron chi connectivity index (χ0n) is 14.8. The van der Waals surface area contributed by atoms with E-state index in [1.807, 2.05) is 13.8 Å². The highest BCUT2D eigenvalue weighted by Crippen LogP contribution is 2.28. The molecule has 0 fully saturated rings. The quantitative estimate of drug-likeness (QED) is 0.606. The Morgan fingerprint density at radius 3 is 2.59 bits per heavy atom. The maximum absolute atomic E-state index is 12.2. The summed E-state index contributed by atoms with van der Waals surface area (Å²) in [5, 5.41) is 22.2. The van der Waals surface area contributed by atoms with Gasteiger partial charge in [-0.3, -0.25) is 9.69 Å². The van der Waals surface area contributed by atoms with Crippen molar-refractivity contribution < 1.29 is 24.6 Å². The van der Waals surface area contributed by atoms with Crippen molar-refractivity contribution in [3.8, 4) is 0 Å². The molecular formula is C17H20ClN3O5S. The van der Waals surface area contributed by atoms with E-state index < -0.39 is 24.0 Å². The van der Waals surface area contributed by atoms with Gasteiger partial charge >= 0.3 is 12.1 Å². The van der Waals surface area contributed by atoms with Gasteiger partial charge in [0.1, 0.15) is 6.04 Å². The number of carbonyl (C=O) groups excluding carboxylic acids is 1. The molecule has 0 aliphatic heterocycles. The highest BCUT2D eigenvalue weighted by molar-refractivity contribution is 7.22. The minimum absolute atomic E-state index is 0.00338. The molecule has 1 aromatic heterocycles. The van der Waals surface area contributed by atoms with Crippen LogP contribution in [0, 0.1) is 5.92 Å². The zero-order valence-corrected chi connectivity index (χ0v) is 16.4. The Labute approximate surface area is 164 Å². The van der Waals surface area contributed by atoms with E-state index >= 15 is 0 Å². The van der Waals surface area contributed by atoms with Crippen molar-refractivity contribution in [2.24, 2.45) is 5.92 Å². The monoisotopic (exact) mass is 413 g/mol. The third-order valence-electron chi connectivity index (χ3n) is 3.78. The summed E-state index contributed by atoms with van der Waals surface area (Å²) < 4.78 is 0.813. The molecule has 10 heteroatoms. The fraction of sp³-hybridized carbons (Fsp3) is 0.412. The standard InChI is InChI=1S/C17H20ClN3O5S/c1-9(2)7-12(15(23)24)21(17(25)26)6-5-14(22)20-16-19-11-4-3-10(18)8-13(11)27-16/h3-4,8-9,12H,5-7H2,1-2H3,(H,23,24)(H,25,26)(H,19,20,22)/t12-/m0/s1. The fourth-order valence-corrected chi connectivity index (χ4v) is 3.71. The van der Waals surface area contributed by atoms with E-state index in [0.29, 0.717) is 15.7 Å². The van der Waals surface area contributed by atoms with Gasteiger partial charge in [0.05, 0.1) is 10.2 Å². The van der Waals surface area contributed by atoms with E-state index in [-0.39, 0.29) is 25.3 Å². The first-order chi connectivity index (χ1) is 12.7. The number of nitrogens with one attached hydrogen (secondary N) is 1. The van der Waals surface area contributed by atoms with Gasteiger partial charge in [0.25, 0.3) is 0 Å². The molecule has 2 aromatic rings. The largest absolute Gasteiger partial charge is 0.480 e. The summed E-state index contributed by atoms with van der Waals surface area (Å²) in [4.78, 5) is 40.1. The lowest BCUT2D eigenvalue weighted by molar-refractivity contribution is -0.143. The number of anilines is 1. The number of hydrogen-bond acceptors (Lipinski definition) is 5. The predicted octanol–water partition coefficient (Wildman–Crippen LogP) is 3.76. The highest BCUT2D eigenvalue weighted by atomic mass is 35.5. The number of amides is 2. The summed E-state index contributed by atoms with van der Waals surface area (Å²) in [6, 6.07) is 3.97. The van der Waals surface area contributed by atoms with Crippen LogP contribution in [0.1, 0.15) is 26.7 Å². The second kappa shape index (κ2) is 9.01. The third-order valence-corrected chi connectivity index (χ3v) is 4.95. The summed E-state index contributed by atoms with van der Waals surface area (Å²) >= 11 is 7.17. The molecule has 0 aliphatic rings. The van der Waals surface area contributed by atoms with Crippen molar-refractivity contribution in [1.29, 1.82) is 0 Å². The number of benzene rings is 1. The van der Waals surface area contributed by atoms with E-state index in [9.17, 15) is 24.6 Å². The van der Waals surface area contributed by atoms with Crippen molar-refractivity contribution >= 4 is 56.3 Å². The lowest BCUT2D eigenvalue weighted by atomic mass is 10.0. The Morgan fingerprint density at radius 1 is 1.30 bits per heavy atom. The molecule has 3 N–H and O–H groups in total. The number of carboxylic acid groups (broad SMARTS) is 2. The summed E-state index contributed by atoms with van der Waals surface area (Å²) in [5.74, 6) is -1.68. The Hall–Kier alpha value is -2.39. The molecule has 0 aliphatic carbocycles. The average molecular weight is 414 g/mol. The average Bonchev–Trinajstić information content (AvgIpc) is 2.94. The Morgan fingerprint density at radius 2 is 2.00 bits per heavy atom. The number of nitrogens with zero attached hydrogens (tertiary/aromatic N) is 2. The van der Waals surface area contributed by atoms with E-state index in [1.165, 1.54) is 11.3 Å². The number of aliphatic carboxylic acids is 1. The second-order valence-electron chi connectivity index (χ2n) is 6.39. The number of halogens is 1. The molecule has 0 unspecified atom stereocenters. The van der Waals surface area contributed by atoms with E-state index in [2.05, 4.69) is 10.3 Å². The smallest absolute Gasteiger partial charge is 0.408 e. The summed E-state index contributed by atoms with van der Waals surface area (Å²) in [5.41, 5.74) is 0.690. The maximum atomic E-state index is 12.2. The minimum Gasteiger partial charge on any atom is -0.480 e. The molecule has 0 radical (unpaired) electrons. The van der Waals surface area contributed by atoms with Crippen LogP contribution < -0.4 is 5.32 Å². The van der Waals surface area contributed by atoms with Crippen LogP contribution >= 0.6 is 22.9 Å². The van der Waals surface area contributed by atoms with Crippen molar-refractivity contribution in [1.82, 2.24) is 9.88 Å². The number of fused-ring (bicyclic) bond motifs is 1. The van der Waals surface area contributed by atoms with Crippen LogP contribution in [0.5, 0.6) is 0 Å². The zero-order chi connectivity index (χ0) is 20.1. The molecule has 0 saturated carbocycles. The van der Waals surface area contributed by atoms with E-state index in [4.69, 9.17) is 11.6 Å². The van der Waals surface area contributed by atoms with Crippen LogP contribution in [0.3, 0.4) is 0 Å². The molecule has 1 atom stereocenters. The predicted molar refractivity (Wildman–Crippen MR) is 103 cm³/mol. The number of hydrogen-bond donors (Lipinski definition) is 3. The molecular weight excluding hydrogens is 394 g/mol. The molecule has 8 nitrogen and oxygen atoms in total. The van der Waals surface area contributed by atoms with Crippen molar-refractivity contribution in [2.75, 3.05) is 11.9 Å². The van der Waals surface area contributed by atoms with Crippen LogP contribution in [-0.4, -0.2) is 50.7 Å². The third kappa shape index (κ3) is 5.80. The first kappa shape index (κ1) is 20.9. The van der Waals surface area contributed by atoms with E-state index in [0.717, 1.165) is 9.60 Å². The van der Waals surface area contributed by atoms with Crippen molar-refractivity contribution in [3.05, 3.63) is 23.2 Å². The fourth-order valence-electron chi connectivity index (χ4n) is 2.55. The Bertz CT molecular complexity index is 854. The minimum atomic E-state index is -1.37. The SMILES string of the molecule is CC(C)C[C@@H](C(=O)O)N(CCC(=O)Nc1nc2ccc(Cl)cc2s1)C(=O)O. The molecule has 146 valence electrons. The summed E-state index contributed by atoms with van der Waals surface area (Å²) in [6.45, 7) is 3.39. The van der Waals surface area contributed by atoms with Crippen LogP contribution in [0.4, 0.5) is 9.93 Å². The van der Waals surface area contributed by atoms with Crippen LogP contribution in [0.25, 0.3) is 10.2 Å². The molecule has 0 saturated heterocycles. The maximum Gasteiger partial charge on any atom is 0.408 e. The second-order valence-corrected chi connectivity index (χ2v) is 7.86. The lowest BCUT2D eigenvalue weighted by Gasteiger charge is -2.27. The number of carboxylic acids is 1. The number of carbonyl (C=O) groups is 3. The summed E-state index contributed by atoms with van der Waals surface area (Å²) in [6.07, 6.45) is -1.38. The van der Waals surface area contributed by atoms with Gasteiger partial charge in [-0.1, -0.05) is 36.8 Å². The van der Waals surface area contributed by atoms with Gasteiger partial charge in [0.15, 0.2) is 5.13 Å². The van der Waals surface area contributed by atoms with Gasteiger partial charge in [-0.05, 0) is 30.5 Å². The van der Waals surface area contributed by atoms with Crippen molar-refractivity contribution in [2.45, 2.75) is 32.7 Å². The molecule has 2 amide bonds. The van der Waals surface area contributed by atoms with Gasteiger partial charge in [0, 0.05) is 18.0 Å². The molecule has 27 heavy (non-hydrogen) atoms. The molecule has 0 bridgehead atoms. The molecule has 2 rings (SSSR count). The Kier molecular flexibility index (Phi) is 6.98. The number of aromatic nitrogens is 1.